The zero-order valence-corrected chi connectivity index (χ0v) is 11.3. The molecule has 8 heteroatoms. The largest absolute Gasteiger partial charge is 0.416 e. The summed E-state index contributed by atoms with van der Waals surface area (Å²) < 4.78 is 37.2. The van der Waals surface area contributed by atoms with Gasteiger partial charge in [0.05, 0.1) is 11.3 Å². The number of hydrogen-bond acceptors (Lipinski definition) is 2. The molecule has 1 aromatic heterocycles. The van der Waals surface area contributed by atoms with Crippen LogP contribution in [0.15, 0.2) is 33.9 Å². The molecule has 21 heavy (non-hydrogen) atoms. The van der Waals surface area contributed by atoms with Crippen molar-refractivity contribution < 1.29 is 13.2 Å². The molecule has 0 saturated heterocycles. The third-order valence-electron chi connectivity index (χ3n) is 2.90. The normalized spacial score (nSPS) is 11.6. The molecule has 0 aliphatic rings. The van der Waals surface area contributed by atoms with Crippen LogP contribution in [0.3, 0.4) is 0 Å². The third kappa shape index (κ3) is 3.75. The van der Waals surface area contributed by atoms with Crippen LogP contribution in [-0.2, 0) is 19.0 Å². The zero-order valence-electron chi connectivity index (χ0n) is 10.6. The zero-order chi connectivity index (χ0) is 15.6. The average molecular weight is 319 g/mol. The van der Waals surface area contributed by atoms with Crippen LogP contribution in [0.2, 0.25) is 5.15 Å². The maximum absolute atomic E-state index is 12.4. The van der Waals surface area contributed by atoms with Gasteiger partial charge in [0.25, 0.3) is 0 Å². The van der Waals surface area contributed by atoms with Gasteiger partial charge >= 0.3 is 17.3 Å². The summed E-state index contributed by atoms with van der Waals surface area (Å²) in [5.74, 6) is 0. The van der Waals surface area contributed by atoms with E-state index in [0.29, 0.717) is 17.7 Å². The molecule has 0 fully saturated rings. The first-order chi connectivity index (χ1) is 9.77. The van der Waals surface area contributed by atoms with Gasteiger partial charge in [-0.15, -0.1) is 0 Å². The van der Waals surface area contributed by atoms with E-state index >= 15 is 0 Å². The smallest absolute Gasteiger partial charge is 0.319 e. The first-order valence-electron chi connectivity index (χ1n) is 5.94. The number of hydrogen-bond donors (Lipinski definition) is 2. The molecule has 2 aromatic rings. The summed E-state index contributed by atoms with van der Waals surface area (Å²) in [7, 11) is 0. The Labute approximate surface area is 121 Å². The minimum atomic E-state index is -4.37. The highest BCUT2D eigenvalue weighted by atomic mass is 35.5. The van der Waals surface area contributed by atoms with Crippen LogP contribution in [0.25, 0.3) is 0 Å². The van der Waals surface area contributed by atoms with Crippen LogP contribution in [0.5, 0.6) is 0 Å². The molecule has 112 valence electrons. The van der Waals surface area contributed by atoms with Gasteiger partial charge in [0.2, 0.25) is 0 Å². The fourth-order valence-electron chi connectivity index (χ4n) is 1.78. The molecule has 1 heterocycles. The van der Waals surface area contributed by atoms with Gasteiger partial charge in [-0.2, -0.15) is 13.2 Å². The second-order valence-corrected chi connectivity index (χ2v) is 4.77. The quantitative estimate of drug-likeness (QED) is 0.854. The molecule has 2 rings (SSSR count). The van der Waals surface area contributed by atoms with Crippen molar-refractivity contribution in [1.29, 1.82) is 0 Å². The van der Waals surface area contributed by atoms with E-state index in [9.17, 15) is 22.8 Å². The van der Waals surface area contributed by atoms with E-state index < -0.39 is 22.9 Å². The maximum Gasteiger partial charge on any atom is 0.416 e. The summed E-state index contributed by atoms with van der Waals surface area (Å²) in [6, 6.07) is 4.71. The Bertz CT molecular complexity index is 748. The summed E-state index contributed by atoms with van der Waals surface area (Å²) in [5.41, 5.74) is -1.39. The van der Waals surface area contributed by atoms with Gasteiger partial charge < -0.3 is 9.97 Å². The number of benzene rings is 1. The Morgan fingerprint density at radius 2 is 1.52 bits per heavy atom. The Morgan fingerprint density at radius 3 is 2.10 bits per heavy atom. The standard InChI is InChI=1S/C13H10ClF3N2O2/c14-10-9(18-11(20)12(21)19-10)6-3-7-1-4-8(5-2-7)13(15,16)17/h1-2,4-5H,3,6H2,(H,18,20)(H,19,21). The lowest BCUT2D eigenvalue weighted by molar-refractivity contribution is -0.137. The highest BCUT2D eigenvalue weighted by Crippen LogP contribution is 2.29. The summed E-state index contributed by atoms with van der Waals surface area (Å²) in [4.78, 5) is 26.7. The van der Waals surface area contributed by atoms with Gasteiger partial charge in [-0.1, -0.05) is 23.7 Å². The number of aryl methyl sites for hydroxylation is 2. The number of halogens is 4. The van der Waals surface area contributed by atoms with Crippen molar-refractivity contribution in [1.82, 2.24) is 9.97 Å². The van der Waals surface area contributed by atoms with Crippen molar-refractivity contribution in [2.75, 3.05) is 0 Å². The summed E-state index contributed by atoms with van der Waals surface area (Å²) in [6.45, 7) is 0. The molecule has 0 amide bonds. The predicted octanol–water partition coefficient (Wildman–Crippen LogP) is 2.52. The van der Waals surface area contributed by atoms with Crippen molar-refractivity contribution >= 4 is 11.6 Å². The Hall–Kier alpha value is -2.02. The topological polar surface area (TPSA) is 65.7 Å². The number of rotatable bonds is 3. The van der Waals surface area contributed by atoms with Gasteiger partial charge in [-0.3, -0.25) is 9.59 Å². The maximum atomic E-state index is 12.4. The van der Waals surface area contributed by atoms with Crippen molar-refractivity contribution in [2.45, 2.75) is 19.0 Å². The minimum absolute atomic E-state index is 0.0199. The van der Waals surface area contributed by atoms with Gasteiger partial charge in [-0.05, 0) is 30.5 Å². The molecule has 0 unspecified atom stereocenters. The highest BCUT2D eigenvalue weighted by molar-refractivity contribution is 6.29. The van der Waals surface area contributed by atoms with E-state index in [1.807, 2.05) is 0 Å². The molecule has 0 radical (unpaired) electrons. The summed E-state index contributed by atoms with van der Waals surface area (Å²) >= 11 is 5.78. The molecule has 0 spiro atoms. The van der Waals surface area contributed by atoms with Crippen LogP contribution in [0.1, 0.15) is 16.8 Å². The van der Waals surface area contributed by atoms with Crippen LogP contribution >= 0.6 is 11.6 Å². The van der Waals surface area contributed by atoms with E-state index in [4.69, 9.17) is 11.6 Å². The van der Waals surface area contributed by atoms with Crippen molar-refractivity contribution in [3.05, 3.63) is 66.9 Å². The van der Waals surface area contributed by atoms with E-state index in [0.717, 1.165) is 12.1 Å². The van der Waals surface area contributed by atoms with Crippen LogP contribution in [0.4, 0.5) is 13.2 Å². The van der Waals surface area contributed by atoms with Crippen LogP contribution in [0, 0.1) is 0 Å². The molecule has 0 aliphatic heterocycles. The number of aromatic amines is 2. The van der Waals surface area contributed by atoms with Gasteiger partial charge in [-0.25, -0.2) is 0 Å². The Morgan fingerprint density at radius 1 is 0.952 bits per heavy atom. The van der Waals surface area contributed by atoms with Gasteiger partial charge in [0.15, 0.2) is 0 Å². The molecule has 2 N–H and O–H groups in total. The minimum Gasteiger partial charge on any atom is -0.319 e. The highest BCUT2D eigenvalue weighted by Gasteiger charge is 2.29. The molecular weight excluding hydrogens is 309 g/mol. The van der Waals surface area contributed by atoms with Gasteiger partial charge in [0.1, 0.15) is 5.15 Å². The van der Waals surface area contributed by atoms with E-state index in [-0.39, 0.29) is 11.6 Å². The second kappa shape index (κ2) is 5.77. The number of H-pyrrole nitrogens is 2. The second-order valence-electron chi connectivity index (χ2n) is 4.40. The fraction of sp³-hybridized carbons (Fsp3) is 0.231. The molecule has 0 aliphatic carbocycles. The Balaban J connectivity index is 2.12. The SMILES string of the molecule is O=c1[nH]c(Cl)c(CCc2ccc(C(F)(F)F)cc2)[nH]c1=O. The number of alkyl halides is 3. The molecule has 0 atom stereocenters. The molecular formula is C13H10ClF3N2O2. The first-order valence-corrected chi connectivity index (χ1v) is 6.32. The van der Waals surface area contributed by atoms with E-state index in [2.05, 4.69) is 9.97 Å². The van der Waals surface area contributed by atoms with Crippen molar-refractivity contribution in [2.24, 2.45) is 0 Å². The van der Waals surface area contributed by atoms with Gasteiger partial charge in [0, 0.05) is 0 Å². The fourth-order valence-corrected chi connectivity index (χ4v) is 2.01. The molecule has 4 nitrogen and oxygen atoms in total. The molecule has 0 bridgehead atoms. The summed E-state index contributed by atoms with van der Waals surface area (Å²) in [6.07, 6.45) is -3.71. The lowest BCUT2D eigenvalue weighted by Crippen LogP contribution is -2.30. The third-order valence-corrected chi connectivity index (χ3v) is 3.23. The van der Waals surface area contributed by atoms with E-state index in [1.54, 1.807) is 0 Å². The molecule has 0 saturated carbocycles. The number of nitrogens with one attached hydrogen (secondary N) is 2. The monoisotopic (exact) mass is 318 g/mol. The molecule has 1 aromatic carbocycles. The van der Waals surface area contributed by atoms with Crippen LogP contribution in [-0.4, -0.2) is 9.97 Å². The lowest BCUT2D eigenvalue weighted by Gasteiger charge is -2.08. The van der Waals surface area contributed by atoms with Crippen molar-refractivity contribution in [3.8, 4) is 0 Å². The summed E-state index contributed by atoms with van der Waals surface area (Å²) in [5, 5.41) is 0.0199. The predicted molar refractivity (Wildman–Crippen MR) is 71.5 cm³/mol. The van der Waals surface area contributed by atoms with E-state index in [1.165, 1.54) is 12.1 Å². The van der Waals surface area contributed by atoms with Crippen LogP contribution < -0.4 is 11.1 Å². The van der Waals surface area contributed by atoms with Crippen molar-refractivity contribution in [3.63, 3.8) is 0 Å². The average Bonchev–Trinajstić information content (AvgIpc) is 2.41. The number of aromatic nitrogens is 2. The Kier molecular flexibility index (Phi) is 4.22. The first kappa shape index (κ1) is 15.4. The lowest BCUT2D eigenvalue weighted by atomic mass is 10.1.